The van der Waals surface area contributed by atoms with Crippen molar-refractivity contribution in [1.29, 1.82) is 0 Å². The minimum Gasteiger partial charge on any atom is -0.368 e. The van der Waals surface area contributed by atoms with E-state index in [9.17, 15) is 4.79 Å². The zero-order chi connectivity index (χ0) is 23.5. The summed E-state index contributed by atoms with van der Waals surface area (Å²) < 4.78 is 11.6. The second kappa shape index (κ2) is 10.3. The Morgan fingerprint density at radius 3 is 2.44 bits per heavy atom. The van der Waals surface area contributed by atoms with E-state index in [1.165, 1.54) is 23.0 Å². The van der Waals surface area contributed by atoms with Crippen LogP contribution in [0, 0.1) is 6.92 Å². The third-order valence-corrected chi connectivity index (χ3v) is 7.76. The molecule has 182 valence electrons. The molecule has 0 saturated carbocycles. The Kier molecular flexibility index (Phi) is 7.15. The summed E-state index contributed by atoms with van der Waals surface area (Å²) in [6.45, 7) is 8.12. The van der Waals surface area contributed by atoms with Crippen LogP contribution >= 0.6 is 23.4 Å². The third-order valence-electron chi connectivity index (χ3n) is 6.74. The molecule has 0 atom stereocenters. The lowest BCUT2D eigenvalue weighted by molar-refractivity contribution is -0.169. The third kappa shape index (κ3) is 5.27. The summed E-state index contributed by atoms with van der Waals surface area (Å²) in [6, 6.07) is 10.2. The number of piperazine rings is 1. The van der Waals surface area contributed by atoms with E-state index in [0.717, 1.165) is 57.9 Å². The van der Waals surface area contributed by atoms with Gasteiger partial charge in [-0.25, -0.2) is 9.97 Å². The molecule has 4 heterocycles. The van der Waals surface area contributed by atoms with Crippen molar-refractivity contribution in [3.8, 4) is 0 Å². The van der Waals surface area contributed by atoms with Crippen LogP contribution in [0.3, 0.4) is 0 Å². The number of hydrogen-bond acceptors (Lipinski definition) is 8. The van der Waals surface area contributed by atoms with E-state index < -0.39 is 5.79 Å². The summed E-state index contributed by atoms with van der Waals surface area (Å²) in [5.74, 6) is 0.764. The van der Waals surface area contributed by atoms with Crippen LogP contribution in [0.15, 0.2) is 35.5 Å². The van der Waals surface area contributed by atoms with Crippen LogP contribution in [-0.4, -0.2) is 84.8 Å². The van der Waals surface area contributed by atoms with Crippen molar-refractivity contribution in [2.45, 2.75) is 30.7 Å². The maximum atomic E-state index is 12.9. The molecule has 0 unspecified atom stereocenters. The number of thioether (sulfide) groups is 1. The van der Waals surface area contributed by atoms with Crippen LogP contribution < -0.4 is 9.80 Å². The van der Waals surface area contributed by atoms with Crippen molar-refractivity contribution < 1.29 is 14.3 Å². The number of carbonyl (C=O) groups excluding carboxylic acids is 1. The topological polar surface area (TPSA) is 71.0 Å². The van der Waals surface area contributed by atoms with Gasteiger partial charge in [0.05, 0.1) is 19.0 Å². The predicted molar refractivity (Wildman–Crippen MR) is 134 cm³/mol. The Hall–Kier alpha value is -2.07. The molecule has 2 aromatic rings. The van der Waals surface area contributed by atoms with E-state index in [1.807, 2.05) is 4.90 Å². The highest BCUT2D eigenvalue weighted by Gasteiger charge is 2.40. The van der Waals surface area contributed by atoms with Gasteiger partial charge in [-0.05, 0) is 18.6 Å². The van der Waals surface area contributed by atoms with Crippen LogP contribution in [0.2, 0.25) is 5.15 Å². The normalized spacial score (nSPS) is 20.2. The van der Waals surface area contributed by atoms with Gasteiger partial charge < -0.3 is 24.2 Å². The van der Waals surface area contributed by atoms with Crippen LogP contribution in [0.5, 0.6) is 0 Å². The summed E-state index contributed by atoms with van der Waals surface area (Å²) in [7, 11) is 0. The minimum absolute atomic E-state index is 0.106. The summed E-state index contributed by atoms with van der Waals surface area (Å²) >= 11 is 7.64. The largest absolute Gasteiger partial charge is 0.368 e. The molecule has 8 nitrogen and oxygen atoms in total. The number of ether oxygens (including phenoxy) is 2. The van der Waals surface area contributed by atoms with Gasteiger partial charge in [0.15, 0.2) is 10.9 Å². The number of aryl methyl sites for hydroxylation is 1. The quantitative estimate of drug-likeness (QED) is 0.350. The zero-order valence-corrected chi connectivity index (χ0v) is 21.0. The van der Waals surface area contributed by atoms with Gasteiger partial charge in [-0.2, -0.15) is 0 Å². The summed E-state index contributed by atoms with van der Waals surface area (Å²) in [5.41, 5.74) is 2.51. The zero-order valence-electron chi connectivity index (χ0n) is 19.4. The molecule has 3 fully saturated rings. The monoisotopic (exact) mass is 503 g/mol. The maximum Gasteiger partial charge on any atom is 0.233 e. The van der Waals surface area contributed by atoms with Crippen LogP contribution in [0.1, 0.15) is 18.4 Å². The predicted octanol–water partition coefficient (Wildman–Crippen LogP) is 3.22. The number of piperidine rings is 1. The lowest BCUT2D eigenvalue weighted by Crippen LogP contribution is -2.49. The standard InChI is InChI=1S/C24H30ClN5O3S/c1-18-4-2-3-5-19(18)28-10-12-30(13-11-28)22(31)17-34-23-26-20(25)16-21(27-23)29-8-6-24(7-9-29)32-14-15-33-24/h2-5,16H,6-15,17H2,1H3. The molecule has 3 saturated heterocycles. The molecule has 3 aliphatic rings. The van der Waals surface area contributed by atoms with Crippen molar-refractivity contribution in [3.63, 3.8) is 0 Å². The van der Waals surface area contributed by atoms with E-state index in [1.54, 1.807) is 6.07 Å². The fourth-order valence-corrected chi connectivity index (χ4v) is 5.79. The van der Waals surface area contributed by atoms with Crippen molar-refractivity contribution >= 4 is 40.8 Å². The molecule has 0 N–H and O–H groups in total. The fraction of sp³-hybridized carbons (Fsp3) is 0.542. The summed E-state index contributed by atoms with van der Waals surface area (Å²) in [4.78, 5) is 28.3. The van der Waals surface area contributed by atoms with Crippen molar-refractivity contribution in [2.24, 2.45) is 0 Å². The number of halogens is 1. The van der Waals surface area contributed by atoms with Crippen LogP contribution in [0.25, 0.3) is 0 Å². The first kappa shape index (κ1) is 23.7. The Balaban J connectivity index is 1.14. The van der Waals surface area contributed by atoms with Crippen LogP contribution in [0.4, 0.5) is 11.5 Å². The Morgan fingerprint density at radius 2 is 1.74 bits per heavy atom. The molecular weight excluding hydrogens is 474 g/mol. The Morgan fingerprint density at radius 1 is 1.03 bits per heavy atom. The second-order valence-electron chi connectivity index (χ2n) is 8.87. The van der Waals surface area contributed by atoms with Gasteiger partial charge in [-0.15, -0.1) is 0 Å². The first-order valence-corrected chi connectivity index (χ1v) is 13.2. The van der Waals surface area contributed by atoms with Gasteiger partial charge in [0.25, 0.3) is 0 Å². The molecule has 1 spiro atoms. The minimum atomic E-state index is -0.430. The number of rotatable bonds is 5. The van der Waals surface area contributed by atoms with Gasteiger partial charge in [-0.1, -0.05) is 41.6 Å². The van der Waals surface area contributed by atoms with Crippen molar-refractivity contribution in [2.75, 3.05) is 68.0 Å². The first-order chi connectivity index (χ1) is 16.5. The molecule has 5 rings (SSSR count). The number of carbonyl (C=O) groups is 1. The van der Waals surface area contributed by atoms with Gasteiger partial charge in [-0.3, -0.25) is 4.79 Å². The molecule has 1 amide bonds. The second-order valence-corrected chi connectivity index (χ2v) is 10.2. The van der Waals surface area contributed by atoms with Gasteiger partial charge in [0, 0.05) is 63.9 Å². The molecule has 0 bridgehead atoms. The highest BCUT2D eigenvalue weighted by Crippen LogP contribution is 2.33. The molecule has 3 aliphatic heterocycles. The van der Waals surface area contributed by atoms with Gasteiger partial charge in [0.1, 0.15) is 11.0 Å². The average molecular weight is 504 g/mol. The molecule has 0 radical (unpaired) electrons. The SMILES string of the molecule is Cc1ccccc1N1CCN(C(=O)CSc2nc(Cl)cc(N3CCC4(CC3)OCCO4)n2)CC1. The van der Waals surface area contributed by atoms with E-state index in [2.05, 4.69) is 51.0 Å². The lowest BCUT2D eigenvalue weighted by atomic mass is 10.0. The maximum absolute atomic E-state index is 12.9. The number of para-hydroxylation sites is 1. The molecule has 10 heteroatoms. The molecule has 1 aromatic carbocycles. The first-order valence-electron chi connectivity index (χ1n) is 11.8. The van der Waals surface area contributed by atoms with E-state index in [4.69, 9.17) is 21.1 Å². The molecule has 34 heavy (non-hydrogen) atoms. The fourth-order valence-electron chi connectivity index (χ4n) is 4.81. The van der Waals surface area contributed by atoms with Crippen molar-refractivity contribution in [3.05, 3.63) is 41.0 Å². The number of hydrogen-bond donors (Lipinski definition) is 0. The lowest BCUT2D eigenvalue weighted by Gasteiger charge is -2.38. The van der Waals surface area contributed by atoms with E-state index in [0.29, 0.717) is 29.3 Å². The van der Waals surface area contributed by atoms with E-state index >= 15 is 0 Å². The molecular formula is C24H30ClN5O3S. The number of aromatic nitrogens is 2. The molecule has 0 aliphatic carbocycles. The highest BCUT2D eigenvalue weighted by atomic mass is 35.5. The summed E-state index contributed by atoms with van der Waals surface area (Å²) in [6.07, 6.45) is 1.59. The number of anilines is 2. The van der Waals surface area contributed by atoms with Crippen molar-refractivity contribution in [1.82, 2.24) is 14.9 Å². The average Bonchev–Trinajstić information content (AvgIpc) is 3.31. The summed E-state index contributed by atoms with van der Waals surface area (Å²) in [5, 5.41) is 0.920. The Bertz CT molecular complexity index is 1020. The smallest absolute Gasteiger partial charge is 0.233 e. The van der Waals surface area contributed by atoms with Crippen LogP contribution in [-0.2, 0) is 14.3 Å². The molecule has 1 aromatic heterocycles. The van der Waals surface area contributed by atoms with E-state index in [-0.39, 0.29) is 5.91 Å². The Labute approximate surface area is 209 Å². The number of benzene rings is 1. The number of nitrogens with zero attached hydrogens (tertiary/aromatic N) is 5. The van der Waals surface area contributed by atoms with Gasteiger partial charge >= 0.3 is 0 Å². The van der Waals surface area contributed by atoms with Gasteiger partial charge in [0.2, 0.25) is 5.91 Å². The number of amides is 1. The highest BCUT2D eigenvalue weighted by molar-refractivity contribution is 7.99.